The molecule has 1 heterocycles. The molecule has 2 unspecified atom stereocenters. The van der Waals surface area contributed by atoms with Gasteiger partial charge in [-0.25, -0.2) is 4.39 Å². The highest BCUT2D eigenvalue weighted by atomic mass is 19.1. The van der Waals surface area contributed by atoms with E-state index < -0.39 is 18.0 Å². The summed E-state index contributed by atoms with van der Waals surface area (Å²) in [5.74, 6) is -0.0853. The van der Waals surface area contributed by atoms with Crippen LogP contribution in [0, 0.1) is 23.1 Å². The van der Waals surface area contributed by atoms with Gasteiger partial charge in [0.2, 0.25) is 0 Å². The van der Waals surface area contributed by atoms with E-state index in [0.717, 1.165) is 41.6 Å². The summed E-state index contributed by atoms with van der Waals surface area (Å²) < 4.78 is 20.4. The first-order valence-electron chi connectivity index (χ1n) is 11.0. The Hall–Kier alpha value is -3.08. The van der Waals surface area contributed by atoms with Crippen LogP contribution in [0.1, 0.15) is 40.2 Å². The number of hydrogen-bond acceptors (Lipinski definition) is 5. The summed E-state index contributed by atoms with van der Waals surface area (Å²) in [5.41, 5.74) is 3.83. The van der Waals surface area contributed by atoms with Gasteiger partial charge in [-0.2, -0.15) is 5.26 Å². The van der Waals surface area contributed by atoms with Crippen molar-refractivity contribution in [3.8, 4) is 17.2 Å². The average molecular weight is 433 g/mol. The number of nitrogens with zero attached hydrogens (tertiary/aromatic N) is 1. The number of ketones is 1. The highest BCUT2D eigenvalue weighted by molar-refractivity contribution is 6.06. The molecule has 1 amide bonds. The summed E-state index contributed by atoms with van der Waals surface area (Å²) in [4.78, 5) is 24.6. The van der Waals surface area contributed by atoms with Crippen molar-refractivity contribution in [3.05, 3.63) is 58.9 Å². The highest BCUT2D eigenvalue weighted by Crippen LogP contribution is 2.56. The molecule has 3 aliphatic rings. The summed E-state index contributed by atoms with van der Waals surface area (Å²) in [6.07, 6.45) is 1.16. The highest BCUT2D eigenvalue weighted by Gasteiger charge is 2.51. The molecular weight excluding hydrogens is 409 g/mol. The van der Waals surface area contributed by atoms with Gasteiger partial charge in [-0.15, -0.1) is 0 Å². The number of rotatable bonds is 5. The van der Waals surface area contributed by atoms with Crippen LogP contribution in [0.15, 0.2) is 36.4 Å². The molecule has 4 atom stereocenters. The SMILES string of the molecule is N#C[C@H](Cc1ccc(-c2ccc3c(c2)C2CC2C3=O)cc1F)NC(=O)[C@@H]1CNCCCO1. The summed E-state index contributed by atoms with van der Waals surface area (Å²) in [5, 5.41) is 15.3. The van der Waals surface area contributed by atoms with Crippen molar-refractivity contribution in [2.45, 2.75) is 37.3 Å². The monoisotopic (exact) mass is 433 g/mol. The Morgan fingerprint density at radius 3 is 2.88 bits per heavy atom. The number of nitriles is 1. The van der Waals surface area contributed by atoms with Crippen LogP contribution in [0.3, 0.4) is 0 Å². The van der Waals surface area contributed by atoms with Crippen LogP contribution in [-0.4, -0.2) is 43.5 Å². The van der Waals surface area contributed by atoms with E-state index in [2.05, 4.69) is 10.6 Å². The lowest BCUT2D eigenvalue weighted by molar-refractivity contribution is -0.132. The molecule has 164 valence electrons. The Bertz CT molecular complexity index is 1120. The molecular formula is C25H24FN3O3. The van der Waals surface area contributed by atoms with Crippen LogP contribution in [0.4, 0.5) is 4.39 Å². The molecule has 2 aromatic rings. The van der Waals surface area contributed by atoms with Crippen LogP contribution >= 0.6 is 0 Å². The van der Waals surface area contributed by atoms with Gasteiger partial charge in [0.25, 0.3) is 5.91 Å². The number of ether oxygens (including phenoxy) is 1. The van der Waals surface area contributed by atoms with Gasteiger partial charge in [0.05, 0.1) is 6.07 Å². The zero-order valence-corrected chi connectivity index (χ0v) is 17.6. The Balaban J connectivity index is 1.28. The van der Waals surface area contributed by atoms with Crippen LogP contribution in [0.2, 0.25) is 0 Å². The first kappa shape index (κ1) is 20.8. The molecule has 2 N–H and O–H groups in total. The predicted octanol–water partition coefficient (Wildman–Crippen LogP) is 2.72. The average Bonchev–Trinajstić information content (AvgIpc) is 3.59. The number of amides is 1. The van der Waals surface area contributed by atoms with E-state index in [1.165, 1.54) is 6.07 Å². The molecule has 0 aromatic heterocycles. The van der Waals surface area contributed by atoms with Crippen LogP contribution < -0.4 is 10.6 Å². The molecule has 1 aliphatic heterocycles. The lowest BCUT2D eigenvalue weighted by atomic mass is 9.96. The van der Waals surface area contributed by atoms with Crippen molar-refractivity contribution in [2.24, 2.45) is 5.92 Å². The number of Topliss-reactive ketones (excluding diaryl/α,β-unsaturated/α-hetero) is 1. The number of halogens is 1. The number of nitrogens with one attached hydrogen (secondary N) is 2. The fourth-order valence-corrected chi connectivity index (χ4v) is 4.69. The Labute approximate surface area is 185 Å². The summed E-state index contributed by atoms with van der Waals surface area (Å²) >= 11 is 0. The first-order valence-corrected chi connectivity index (χ1v) is 11.0. The minimum Gasteiger partial charge on any atom is -0.367 e. The molecule has 5 rings (SSSR count). The van der Waals surface area contributed by atoms with Gasteiger partial charge < -0.3 is 15.4 Å². The molecule has 6 nitrogen and oxygen atoms in total. The summed E-state index contributed by atoms with van der Waals surface area (Å²) in [6.45, 7) is 1.66. The molecule has 2 fully saturated rings. The van der Waals surface area contributed by atoms with Gasteiger partial charge in [0, 0.05) is 31.1 Å². The number of hydrogen-bond donors (Lipinski definition) is 2. The minimum absolute atomic E-state index is 0.0664. The third kappa shape index (κ3) is 3.92. The molecule has 1 saturated heterocycles. The summed E-state index contributed by atoms with van der Waals surface area (Å²) in [6, 6.07) is 11.8. The molecule has 1 saturated carbocycles. The second-order valence-electron chi connectivity index (χ2n) is 8.73. The van der Waals surface area contributed by atoms with Crippen LogP contribution in [-0.2, 0) is 16.0 Å². The Kier molecular flexibility index (Phi) is 5.50. The van der Waals surface area contributed by atoms with Crippen molar-refractivity contribution in [3.63, 3.8) is 0 Å². The normalized spacial score (nSPS) is 24.6. The van der Waals surface area contributed by atoms with E-state index in [1.54, 1.807) is 6.07 Å². The second kappa shape index (κ2) is 8.45. The fourth-order valence-electron chi connectivity index (χ4n) is 4.69. The lowest BCUT2D eigenvalue weighted by Gasteiger charge is -2.18. The smallest absolute Gasteiger partial charge is 0.251 e. The van der Waals surface area contributed by atoms with E-state index in [-0.39, 0.29) is 24.0 Å². The number of fused-ring (bicyclic) bond motifs is 3. The van der Waals surface area contributed by atoms with Gasteiger partial charge >= 0.3 is 0 Å². The number of carbonyl (C=O) groups is 2. The molecule has 2 aliphatic carbocycles. The van der Waals surface area contributed by atoms with Crippen molar-refractivity contribution >= 4 is 11.7 Å². The summed E-state index contributed by atoms with van der Waals surface area (Å²) in [7, 11) is 0. The third-order valence-corrected chi connectivity index (χ3v) is 6.57. The molecule has 32 heavy (non-hydrogen) atoms. The minimum atomic E-state index is -0.854. The zero-order valence-electron chi connectivity index (χ0n) is 17.6. The first-order chi connectivity index (χ1) is 15.5. The molecule has 2 aromatic carbocycles. The maximum absolute atomic E-state index is 14.9. The van der Waals surface area contributed by atoms with Crippen LogP contribution in [0.5, 0.6) is 0 Å². The fraction of sp³-hybridized carbons (Fsp3) is 0.400. The molecule has 7 heteroatoms. The zero-order chi connectivity index (χ0) is 22.2. The lowest BCUT2D eigenvalue weighted by Crippen LogP contribution is -2.46. The van der Waals surface area contributed by atoms with Crippen molar-refractivity contribution in [2.75, 3.05) is 19.7 Å². The number of benzene rings is 2. The van der Waals surface area contributed by atoms with Crippen molar-refractivity contribution in [1.82, 2.24) is 10.6 Å². The van der Waals surface area contributed by atoms with E-state index in [1.807, 2.05) is 30.3 Å². The number of carbonyl (C=O) groups excluding carboxylic acids is 2. The molecule has 0 spiro atoms. The standard InChI is InChI=1S/C25H24FN3O3/c26-22-10-15(14-4-5-18-19(9-14)20-11-21(20)24(18)30)2-3-16(22)8-17(12-27)29-25(31)23-13-28-6-1-7-32-23/h2-5,9-10,17,20-21,23,28H,1,6-8,11,13H2,(H,29,31)/t17-,20?,21?,23-/m0/s1. The largest absolute Gasteiger partial charge is 0.367 e. The van der Waals surface area contributed by atoms with Gasteiger partial charge in [0.1, 0.15) is 18.0 Å². The van der Waals surface area contributed by atoms with E-state index in [4.69, 9.17) is 4.74 Å². The molecule has 0 bridgehead atoms. The van der Waals surface area contributed by atoms with Gasteiger partial charge in [-0.05, 0) is 53.6 Å². The maximum atomic E-state index is 14.9. The predicted molar refractivity (Wildman–Crippen MR) is 115 cm³/mol. The maximum Gasteiger partial charge on any atom is 0.251 e. The quantitative estimate of drug-likeness (QED) is 0.757. The van der Waals surface area contributed by atoms with Crippen LogP contribution in [0.25, 0.3) is 11.1 Å². The van der Waals surface area contributed by atoms with Crippen molar-refractivity contribution < 1.29 is 18.7 Å². The van der Waals surface area contributed by atoms with Gasteiger partial charge in [-0.3, -0.25) is 9.59 Å². The second-order valence-corrected chi connectivity index (χ2v) is 8.73. The van der Waals surface area contributed by atoms with E-state index in [9.17, 15) is 19.2 Å². The Morgan fingerprint density at radius 2 is 2.06 bits per heavy atom. The van der Waals surface area contributed by atoms with Gasteiger partial charge in [-0.1, -0.05) is 30.3 Å². The van der Waals surface area contributed by atoms with Gasteiger partial charge in [0.15, 0.2) is 5.78 Å². The van der Waals surface area contributed by atoms with E-state index in [0.29, 0.717) is 24.6 Å². The van der Waals surface area contributed by atoms with E-state index >= 15 is 0 Å². The third-order valence-electron chi connectivity index (χ3n) is 6.57. The molecule has 0 radical (unpaired) electrons. The Morgan fingerprint density at radius 1 is 1.25 bits per heavy atom. The van der Waals surface area contributed by atoms with Crippen molar-refractivity contribution in [1.29, 1.82) is 5.26 Å². The topological polar surface area (TPSA) is 91.2 Å².